The van der Waals surface area contributed by atoms with E-state index in [-0.39, 0.29) is 0 Å². The van der Waals surface area contributed by atoms with Gasteiger partial charge in [0.2, 0.25) is 5.88 Å². The maximum atomic E-state index is 9.25. The van der Waals surface area contributed by atoms with Crippen LogP contribution in [0.25, 0.3) is 10.9 Å². The molecule has 3 aromatic rings. The van der Waals surface area contributed by atoms with Crippen molar-refractivity contribution in [3.05, 3.63) is 48.3 Å². The van der Waals surface area contributed by atoms with Gasteiger partial charge in [-0.1, -0.05) is 25.1 Å². The second-order valence-electron chi connectivity index (χ2n) is 4.69. The molecule has 104 valence electrons. The van der Waals surface area contributed by atoms with E-state index < -0.39 is 0 Å². The third-order valence-corrected chi connectivity index (χ3v) is 3.09. The minimum Gasteiger partial charge on any atom is -0.434 e. The summed E-state index contributed by atoms with van der Waals surface area (Å²) in [5.41, 5.74) is 1.21. The summed E-state index contributed by atoms with van der Waals surface area (Å²) in [6.45, 7) is 2.92. The Balaban J connectivity index is 1.96. The molecule has 0 spiro atoms. The summed E-state index contributed by atoms with van der Waals surface area (Å²) in [6, 6.07) is 11.6. The van der Waals surface area contributed by atoms with E-state index in [0.717, 1.165) is 23.9 Å². The fraction of sp³-hybridized carbons (Fsp3) is 0.188. The number of fused-ring (bicyclic) bond motifs is 1. The molecule has 0 fully saturated rings. The first kappa shape index (κ1) is 13.1. The fourth-order valence-corrected chi connectivity index (χ4v) is 2.12. The zero-order chi connectivity index (χ0) is 14.7. The van der Waals surface area contributed by atoms with E-state index in [4.69, 9.17) is 4.74 Å². The highest BCUT2D eigenvalue weighted by Crippen LogP contribution is 2.26. The molecule has 2 heterocycles. The third kappa shape index (κ3) is 2.70. The summed E-state index contributed by atoms with van der Waals surface area (Å²) in [5.74, 6) is 0.898. The Morgan fingerprint density at radius 3 is 3.00 bits per heavy atom. The molecule has 3 rings (SSSR count). The van der Waals surface area contributed by atoms with Crippen molar-refractivity contribution in [3.63, 3.8) is 0 Å². The van der Waals surface area contributed by atoms with E-state index >= 15 is 0 Å². The Kier molecular flexibility index (Phi) is 3.52. The molecule has 0 saturated heterocycles. The number of rotatable bonds is 4. The predicted octanol–water partition coefficient (Wildman–Crippen LogP) is 3.51. The van der Waals surface area contributed by atoms with Crippen molar-refractivity contribution in [2.24, 2.45) is 0 Å². The summed E-state index contributed by atoms with van der Waals surface area (Å²) in [7, 11) is 0. The van der Waals surface area contributed by atoms with Crippen molar-refractivity contribution >= 4 is 10.9 Å². The maximum Gasteiger partial charge on any atom is 0.238 e. The van der Waals surface area contributed by atoms with Gasteiger partial charge in [-0.2, -0.15) is 10.4 Å². The van der Waals surface area contributed by atoms with Gasteiger partial charge < -0.3 is 4.74 Å². The normalized spacial score (nSPS) is 10.5. The molecule has 1 aromatic carbocycles. The Labute approximate surface area is 122 Å². The van der Waals surface area contributed by atoms with Gasteiger partial charge in [0, 0.05) is 11.9 Å². The molecule has 21 heavy (non-hydrogen) atoms. The quantitative estimate of drug-likeness (QED) is 0.732. The first-order valence-corrected chi connectivity index (χ1v) is 6.80. The topological polar surface area (TPSA) is 63.7 Å². The maximum absolute atomic E-state index is 9.25. The van der Waals surface area contributed by atoms with Crippen LogP contribution in [0, 0.1) is 11.3 Å². The Morgan fingerprint density at radius 2 is 2.19 bits per heavy atom. The molecule has 0 aliphatic heterocycles. The summed E-state index contributed by atoms with van der Waals surface area (Å²) < 4.78 is 7.53. The van der Waals surface area contributed by atoms with Gasteiger partial charge in [0.25, 0.3) is 0 Å². The molecule has 5 nitrogen and oxygen atoms in total. The lowest BCUT2D eigenvalue weighted by atomic mass is 10.1. The number of nitriles is 1. The average Bonchev–Trinajstić information content (AvgIpc) is 2.94. The number of aromatic nitrogens is 3. The zero-order valence-electron chi connectivity index (χ0n) is 11.7. The van der Waals surface area contributed by atoms with E-state index in [1.165, 1.54) is 0 Å². The van der Waals surface area contributed by atoms with Gasteiger partial charge in [0.15, 0.2) is 5.75 Å². The standard InChI is InChI=1S/C16H14N4O/c1-2-7-20-11-14(10-18-20)21-16-13(9-17)8-12-5-3-4-6-15(12)19-16/h3-6,8,10-11H,2,7H2,1H3. The first-order valence-electron chi connectivity index (χ1n) is 6.80. The summed E-state index contributed by atoms with van der Waals surface area (Å²) in [5, 5.41) is 14.4. The molecule has 0 aliphatic rings. The minimum atomic E-state index is 0.312. The zero-order valence-corrected chi connectivity index (χ0v) is 11.7. The molecule has 0 atom stereocenters. The van der Waals surface area contributed by atoms with Crippen LogP contribution < -0.4 is 4.74 Å². The monoisotopic (exact) mass is 278 g/mol. The third-order valence-electron chi connectivity index (χ3n) is 3.09. The highest BCUT2D eigenvalue weighted by atomic mass is 16.5. The Morgan fingerprint density at radius 1 is 1.33 bits per heavy atom. The number of hydrogen-bond donors (Lipinski definition) is 0. The van der Waals surface area contributed by atoms with Gasteiger partial charge in [-0.05, 0) is 18.6 Å². The van der Waals surface area contributed by atoms with Crippen LogP contribution >= 0.6 is 0 Å². The summed E-state index contributed by atoms with van der Waals surface area (Å²) in [6.07, 6.45) is 4.44. The number of nitrogens with zero attached hydrogens (tertiary/aromatic N) is 4. The number of pyridine rings is 1. The van der Waals surface area contributed by atoms with E-state index in [1.807, 2.05) is 35.1 Å². The lowest BCUT2D eigenvalue weighted by molar-refractivity contribution is 0.462. The lowest BCUT2D eigenvalue weighted by Crippen LogP contribution is -1.96. The van der Waals surface area contributed by atoms with Gasteiger partial charge in [0.05, 0.1) is 17.9 Å². The van der Waals surface area contributed by atoms with Crippen LogP contribution in [0.4, 0.5) is 0 Å². The van der Waals surface area contributed by atoms with Crippen LogP contribution in [-0.2, 0) is 6.54 Å². The van der Waals surface area contributed by atoms with Gasteiger partial charge in [-0.15, -0.1) is 0 Å². The van der Waals surface area contributed by atoms with E-state index in [0.29, 0.717) is 17.2 Å². The van der Waals surface area contributed by atoms with E-state index in [1.54, 1.807) is 12.3 Å². The molecule has 0 aliphatic carbocycles. The van der Waals surface area contributed by atoms with Crippen LogP contribution in [-0.4, -0.2) is 14.8 Å². The minimum absolute atomic E-state index is 0.312. The second-order valence-corrected chi connectivity index (χ2v) is 4.69. The number of benzene rings is 1. The van der Waals surface area contributed by atoms with Gasteiger partial charge in [0.1, 0.15) is 11.6 Å². The van der Waals surface area contributed by atoms with Crippen molar-refractivity contribution in [1.29, 1.82) is 5.26 Å². The van der Waals surface area contributed by atoms with Crippen LogP contribution in [0.2, 0.25) is 0 Å². The van der Waals surface area contributed by atoms with Crippen molar-refractivity contribution < 1.29 is 4.74 Å². The molecular formula is C16H14N4O. The molecular weight excluding hydrogens is 264 g/mol. The van der Waals surface area contributed by atoms with Crippen molar-refractivity contribution in [3.8, 4) is 17.7 Å². The first-order chi connectivity index (χ1) is 10.3. The van der Waals surface area contributed by atoms with Crippen LogP contribution in [0.1, 0.15) is 18.9 Å². The molecule has 0 unspecified atom stereocenters. The Hall–Kier alpha value is -2.87. The summed E-state index contributed by atoms with van der Waals surface area (Å²) >= 11 is 0. The van der Waals surface area contributed by atoms with Crippen LogP contribution in [0.5, 0.6) is 11.6 Å². The van der Waals surface area contributed by atoms with Crippen molar-refractivity contribution in [2.45, 2.75) is 19.9 Å². The van der Waals surface area contributed by atoms with Crippen molar-refractivity contribution in [2.75, 3.05) is 0 Å². The fourth-order valence-electron chi connectivity index (χ4n) is 2.12. The lowest BCUT2D eigenvalue weighted by Gasteiger charge is -2.05. The molecule has 0 bridgehead atoms. The average molecular weight is 278 g/mol. The van der Waals surface area contributed by atoms with Gasteiger partial charge in [-0.3, -0.25) is 4.68 Å². The van der Waals surface area contributed by atoms with Crippen LogP contribution in [0.3, 0.4) is 0 Å². The molecule has 5 heteroatoms. The number of ether oxygens (including phenoxy) is 1. The predicted molar refractivity (Wildman–Crippen MR) is 79.1 cm³/mol. The molecule has 0 saturated carbocycles. The highest BCUT2D eigenvalue weighted by molar-refractivity contribution is 5.80. The SMILES string of the molecule is CCCn1cc(Oc2nc3ccccc3cc2C#N)cn1. The Bertz CT molecular complexity index is 817. The molecule has 0 N–H and O–H groups in total. The van der Waals surface area contributed by atoms with E-state index in [9.17, 15) is 5.26 Å². The van der Waals surface area contributed by atoms with E-state index in [2.05, 4.69) is 23.1 Å². The summed E-state index contributed by atoms with van der Waals surface area (Å²) in [4.78, 5) is 4.41. The van der Waals surface area contributed by atoms with Gasteiger partial charge in [-0.25, -0.2) is 4.98 Å². The number of aryl methyl sites for hydroxylation is 1. The highest BCUT2D eigenvalue weighted by Gasteiger charge is 2.10. The number of hydrogen-bond acceptors (Lipinski definition) is 4. The molecule has 2 aromatic heterocycles. The number of para-hydroxylation sites is 1. The second kappa shape index (κ2) is 5.63. The molecule has 0 radical (unpaired) electrons. The smallest absolute Gasteiger partial charge is 0.238 e. The van der Waals surface area contributed by atoms with Crippen molar-refractivity contribution in [1.82, 2.24) is 14.8 Å². The van der Waals surface area contributed by atoms with Crippen LogP contribution in [0.15, 0.2) is 42.7 Å². The van der Waals surface area contributed by atoms with Gasteiger partial charge >= 0.3 is 0 Å². The largest absolute Gasteiger partial charge is 0.434 e. The molecule has 0 amide bonds.